The van der Waals surface area contributed by atoms with Gasteiger partial charge in [0.2, 0.25) is 0 Å². The fourth-order valence-corrected chi connectivity index (χ4v) is 9.00. The van der Waals surface area contributed by atoms with Crippen molar-refractivity contribution in [1.29, 1.82) is 0 Å². The standard InChI is InChI=1S/C48H28N2OS/c1-2-12-30(13-3-1)34-25-26-35(37-16-7-6-15-36(34)37)32-23-24-38-42(28-32)51-41-19-10-18-40(44(38)41)48-49-45(33-22-21-29-11-4-5-14-31(29)27-33)47-46(50-48)39-17-8-9-20-43(39)52-47/h1-28H. The number of nitrogens with zero attached hydrogens (tertiary/aromatic N) is 2. The van der Waals surface area contributed by atoms with Gasteiger partial charge in [-0.2, -0.15) is 0 Å². The van der Waals surface area contributed by atoms with Gasteiger partial charge in [0.25, 0.3) is 0 Å². The zero-order valence-corrected chi connectivity index (χ0v) is 28.7. The molecule has 52 heavy (non-hydrogen) atoms. The van der Waals surface area contributed by atoms with Gasteiger partial charge in [-0.15, -0.1) is 11.3 Å². The van der Waals surface area contributed by atoms with Gasteiger partial charge in [0.05, 0.1) is 15.9 Å². The Bertz CT molecular complexity index is 3190. The van der Waals surface area contributed by atoms with E-state index in [0.29, 0.717) is 5.82 Å². The molecule has 3 aromatic heterocycles. The van der Waals surface area contributed by atoms with Gasteiger partial charge in [-0.05, 0) is 74.1 Å². The Morgan fingerprint density at radius 3 is 1.98 bits per heavy atom. The van der Waals surface area contributed by atoms with E-state index in [1.165, 1.54) is 42.9 Å². The van der Waals surface area contributed by atoms with E-state index < -0.39 is 0 Å². The number of hydrogen-bond donors (Lipinski definition) is 0. The van der Waals surface area contributed by atoms with E-state index in [2.05, 4.69) is 158 Å². The molecule has 0 atom stereocenters. The average Bonchev–Trinajstić information content (AvgIpc) is 3.78. The highest BCUT2D eigenvalue weighted by Gasteiger charge is 2.20. The topological polar surface area (TPSA) is 38.9 Å². The lowest BCUT2D eigenvalue weighted by Crippen LogP contribution is -1.94. The van der Waals surface area contributed by atoms with Gasteiger partial charge in [0, 0.05) is 32.0 Å². The fraction of sp³-hybridized carbons (Fsp3) is 0. The predicted octanol–water partition coefficient (Wildman–Crippen LogP) is 13.7. The summed E-state index contributed by atoms with van der Waals surface area (Å²) >= 11 is 1.76. The summed E-state index contributed by atoms with van der Waals surface area (Å²) in [4.78, 5) is 10.7. The number of thiophene rings is 1. The second-order valence-electron chi connectivity index (χ2n) is 13.3. The minimum atomic E-state index is 0.694. The number of furan rings is 1. The zero-order valence-electron chi connectivity index (χ0n) is 27.9. The third kappa shape index (κ3) is 4.51. The van der Waals surface area contributed by atoms with Crippen molar-refractivity contribution in [2.45, 2.75) is 0 Å². The number of rotatable bonds is 4. The van der Waals surface area contributed by atoms with Crippen LogP contribution >= 0.6 is 11.3 Å². The Hall–Kier alpha value is -6.62. The predicted molar refractivity (Wildman–Crippen MR) is 219 cm³/mol. The summed E-state index contributed by atoms with van der Waals surface area (Å²) < 4.78 is 8.93. The van der Waals surface area contributed by atoms with Crippen molar-refractivity contribution in [1.82, 2.24) is 9.97 Å². The number of aromatic nitrogens is 2. The molecule has 0 unspecified atom stereocenters. The molecule has 0 amide bonds. The van der Waals surface area contributed by atoms with Crippen molar-refractivity contribution >= 4 is 75.1 Å². The molecule has 0 spiro atoms. The minimum Gasteiger partial charge on any atom is -0.456 e. The highest BCUT2D eigenvalue weighted by atomic mass is 32.1. The van der Waals surface area contributed by atoms with Crippen molar-refractivity contribution in [2.75, 3.05) is 0 Å². The quantitative estimate of drug-likeness (QED) is 0.186. The Kier molecular flexibility index (Phi) is 6.42. The Morgan fingerprint density at radius 1 is 0.423 bits per heavy atom. The van der Waals surface area contributed by atoms with Crippen LogP contribution in [0, 0.1) is 0 Å². The lowest BCUT2D eigenvalue weighted by Gasteiger charge is -2.12. The number of hydrogen-bond acceptors (Lipinski definition) is 4. The average molecular weight is 681 g/mol. The Balaban J connectivity index is 1.11. The highest BCUT2D eigenvalue weighted by molar-refractivity contribution is 7.26. The summed E-state index contributed by atoms with van der Waals surface area (Å²) in [5.74, 6) is 0.694. The maximum absolute atomic E-state index is 6.63. The molecule has 4 heteroatoms. The molecule has 0 aliphatic heterocycles. The summed E-state index contributed by atoms with van der Waals surface area (Å²) in [6, 6.07) is 60.2. The second-order valence-corrected chi connectivity index (χ2v) is 14.3. The van der Waals surface area contributed by atoms with Gasteiger partial charge >= 0.3 is 0 Å². The summed E-state index contributed by atoms with van der Waals surface area (Å²) in [5, 5.41) is 8.06. The molecular formula is C48H28N2OS. The summed E-state index contributed by atoms with van der Waals surface area (Å²) in [7, 11) is 0. The molecule has 0 saturated carbocycles. The number of fused-ring (bicyclic) bond motifs is 8. The molecule has 0 saturated heterocycles. The van der Waals surface area contributed by atoms with E-state index >= 15 is 0 Å². The van der Waals surface area contributed by atoms with Crippen LogP contribution in [0.4, 0.5) is 0 Å². The molecule has 11 aromatic rings. The van der Waals surface area contributed by atoms with Crippen LogP contribution in [-0.2, 0) is 0 Å². The van der Waals surface area contributed by atoms with Gasteiger partial charge < -0.3 is 4.42 Å². The molecule has 0 radical (unpaired) electrons. The molecule has 0 aliphatic rings. The maximum Gasteiger partial charge on any atom is 0.161 e. The van der Waals surface area contributed by atoms with Gasteiger partial charge in [-0.25, -0.2) is 9.97 Å². The first-order valence-corrected chi connectivity index (χ1v) is 18.3. The Morgan fingerprint density at radius 2 is 1.13 bits per heavy atom. The number of benzene rings is 8. The van der Waals surface area contributed by atoms with E-state index in [1.807, 2.05) is 12.1 Å². The minimum absolute atomic E-state index is 0.694. The smallest absolute Gasteiger partial charge is 0.161 e. The van der Waals surface area contributed by atoms with E-state index in [1.54, 1.807) is 11.3 Å². The molecule has 0 bridgehead atoms. The summed E-state index contributed by atoms with van der Waals surface area (Å²) in [5.41, 5.74) is 10.4. The van der Waals surface area contributed by atoms with Crippen molar-refractivity contribution in [3.05, 3.63) is 170 Å². The molecule has 0 aliphatic carbocycles. The SMILES string of the molecule is c1ccc(-c2ccc(-c3ccc4c(c3)oc3cccc(-c5nc(-c6ccc7ccccc7c6)c6sc7ccccc7c6n5)c34)c3ccccc23)cc1. The Labute approximate surface area is 303 Å². The largest absolute Gasteiger partial charge is 0.456 e. The van der Waals surface area contributed by atoms with Crippen LogP contribution in [0.3, 0.4) is 0 Å². The van der Waals surface area contributed by atoms with Crippen molar-refractivity contribution in [2.24, 2.45) is 0 Å². The third-order valence-electron chi connectivity index (χ3n) is 10.3. The van der Waals surface area contributed by atoms with Gasteiger partial charge in [-0.3, -0.25) is 0 Å². The molecule has 0 fully saturated rings. The van der Waals surface area contributed by atoms with Crippen LogP contribution in [0.15, 0.2) is 174 Å². The monoisotopic (exact) mass is 680 g/mol. The van der Waals surface area contributed by atoms with Gasteiger partial charge in [-0.1, -0.05) is 140 Å². The fourth-order valence-electron chi connectivity index (χ4n) is 7.84. The maximum atomic E-state index is 6.63. The lowest BCUT2D eigenvalue weighted by molar-refractivity contribution is 0.669. The summed E-state index contributed by atoms with van der Waals surface area (Å²) in [6.07, 6.45) is 0. The van der Waals surface area contributed by atoms with Crippen LogP contribution in [-0.4, -0.2) is 9.97 Å². The van der Waals surface area contributed by atoms with Crippen molar-refractivity contribution < 1.29 is 4.42 Å². The first-order valence-electron chi connectivity index (χ1n) is 17.5. The second kappa shape index (κ2) is 11.5. The molecule has 3 heterocycles. The van der Waals surface area contributed by atoms with Gasteiger partial charge in [0.1, 0.15) is 11.2 Å². The molecule has 8 aromatic carbocycles. The van der Waals surface area contributed by atoms with Crippen molar-refractivity contribution in [3.63, 3.8) is 0 Å². The molecule has 3 nitrogen and oxygen atoms in total. The van der Waals surface area contributed by atoms with E-state index in [-0.39, 0.29) is 0 Å². The van der Waals surface area contributed by atoms with Crippen LogP contribution in [0.25, 0.3) is 109 Å². The molecule has 242 valence electrons. The normalized spacial score (nSPS) is 11.8. The van der Waals surface area contributed by atoms with Crippen LogP contribution in [0.5, 0.6) is 0 Å². The van der Waals surface area contributed by atoms with Crippen molar-refractivity contribution in [3.8, 4) is 44.9 Å². The first kappa shape index (κ1) is 29.1. The molecule has 0 N–H and O–H groups in total. The van der Waals surface area contributed by atoms with Crippen LogP contribution < -0.4 is 0 Å². The molecule has 11 rings (SSSR count). The highest BCUT2D eigenvalue weighted by Crippen LogP contribution is 2.43. The molecular weight excluding hydrogens is 653 g/mol. The van der Waals surface area contributed by atoms with E-state index in [9.17, 15) is 0 Å². The lowest BCUT2D eigenvalue weighted by atomic mass is 9.92. The van der Waals surface area contributed by atoms with Gasteiger partial charge in [0.15, 0.2) is 5.82 Å². The van der Waals surface area contributed by atoms with Crippen LogP contribution in [0.2, 0.25) is 0 Å². The van der Waals surface area contributed by atoms with E-state index in [0.717, 1.165) is 59.9 Å². The first-order chi connectivity index (χ1) is 25.8. The third-order valence-corrected chi connectivity index (χ3v) is 11.5. The zero-order chi connectivity index (χ0) is 34.2. The van der Waals surface area contributed by atoms with E-state index in [4.69, 9.17) is 14.4 Å². The summed E-state index contributed by atoms with van der Waals surface area (Å²) in [6.45, 7) is 0. The van der Waals surface area contributed by atoms with Crippen LogP contribution in [0.1, 0.15) is 0 Å².